The van der Waals surface area contributed by atoms with Crippen LogP contribution in [0, 0.1) is 11.3 Å². The van der Waals surface area contributed by atoms with Gasteiger partial charge >= 0.3 is 12.2 Å². The molecule has 1 aromatic carbocycles. The topological polar surface area (TPSA) is 109 Å². The van der Waals surface area contributed by atoms with Crippen LogP contribution in [0.1, 0.15) is 48.0 Å². The Bertz CT molecular complexity index is 726. The number of imide groups is 1. The Balaban J connectivity index is 3.22. The largest absolute Gasteiger partial charge is 0.443 e. The number of ether oxygens (including phenoxy) is 2. The van der Waals surface area contributed by atoms with Crippen LogP contribution in [-0.4, -0.2) is 29.3 Å². The molecule has 0 aliphatic rings. The second-order valence-corrected chi connectivity index (χ2v) is 7.73. The molecule has 1 N–H and O–H groups in total. The first-order chi connectivity index (χ1) is 12.3. The molecule has 0 fully saturated rings. The van der Waals surface area contributed by atoms with Gasteiger partial charge in [-0.25, -0.2) is 9.59 Å². The maximum absolute atomic E-state index is 12.6. The number of nitriles is 1. The lowest BCUT2D eigenvalue weighted by molar-refractivity contribution is -0.115. The first kappa shape index (κ1) is 22.0. The highest BCUT2D eigenvalue weighted by Crippen LogP contribution is 2.24. The van der Waals surface area contributed by atoms with Crippen molar-refractivity contribution < 1.29 is 23.9 Å². The van der Waals surface area contributed by atoms with Crippen molar-refractivity contribution in [3.8, 4) is 6.07 Å². The zero-order valence-corrected chi connectivity index (χ0v) is 16.5. The minimum absolute atomic E-state index is 0.160. The molecule has 0 aliphatic carbocycles. The van der Waals surface area contributed by atoms with Gasteiger partial charge in [-0.05, 0) is 59.7 Å². The summed E-state index contributed by atoms with van der Waals surface area (Å²) < 4.78 is 10.6. The van der Waals surface area contributed by atoms with Crippen molar-refractivity contribution in [2.45, 2.75) is 59.2 Å². The molecule has 1 rings (SSSR count). The smallest absolute Gasteiger partial charge is 0.424 e. The lowest BCUT2D eigenvalue weighted by Crippen LogP contribution is -2.43. The van der Waals surface area contributed by atoms with Gasteiger partial charge in [0.1, 0.15) is 17.6 Å². The summed E-state index contributed by atoms with van der Waals surface area (Å²) in [6.45, 7) is 10.1. The average molecular weight is 375 g/mol. The van der Waals surface area contributed by atoms with E-state index in [4.69, 9.17) is 14.7 Å². The number of benzene rings is 1. The zero-order chi connectivity index (χ0) is 20.8. The molecule has 0 spiro atoms. The highest BCUT2D eigenvalue weighted by Gasteiger charge is 2.32. The number of hydrogen-bond acceptors (Lipinski definition) is 6. The molecule has 27 heavy (non-hydrogen) atoms. The lowest BCUT2D eigenvalue weighted by Gasteiger charge is -2.28. The van der Waals surface area contributed by atoms with E-state index in [1.54, 1.807) is 59.7 Å². The van der Waals surface area contributed by atoms with E-state index >= 15 is 0 Å². The molecule has 8 heteroatoms. The van der Waals surface area contributed by atoms with E-state index in [0.29, 0.717) is 5.69 Å². The summed E-state index contributed by atoms with van der Waals surface area (Å²) in [5.41, 5.74) is -1.16. The number of rotatable bonds is 3. The van der Waals surface area contributed by atoms with Crippen molar-refractivity contribution in [1.82, 2.24) is 0 Å². The molecule has 0 saturated carbocycles. The molecule has 0 bridgehead atoms. The quantitative estimate of drug-likeness (QED) is 0.847. The van der Waals surface area contributed by atoms with Crippen molar-refractivity contribution in [2.24, 2.45) is 0 Å². The Morgan fingerprint density at radius 3 is 2.00 bits per heavy atom. The van der Waals surface area contributed by atoms with E-state index in [9.17, 15) is 14.4 Å². The fraction of sp³-hybridized carbons (Fsp3) is 0.474. The molecule has 0 atom stereocenters. The van der Waals surface area contributed by atoms with Gasteiger partial charge in [0.2, 0.25) is 5.91 Å². The molecule has 0 aromatic heterocycles. The number of carbonyl (C=O) groups is 3. The normalized spacial score (nSPS) is 11.1. The van der Waals surface area contributed by atoms with E-state index in [2.05, 4.69) is 5.32 Å². The fourth-order valence-corrected chi connectivity index (χ4v) is 1.90. The summed E-state index contributed by atoms with van der Waals surface area (Å²) in [4.78, 5) is 37.6. The first-order valence-electron chi connectivity index (χ1n) is 8.35. The Morgan fingerprint density at radius 1 is 1.04 bits per heavy atom. The number of nitrogens with one attached hydrogen (secondary N) is 1. The number of hydrogen-bond donors (Lipinski definition) is 1. The van der Waals surface area contributed by atoms with Gasteiger partial charge in [-0.1, -0.05) is 6.07 Å². The van der Waals surface area contributed by atoms with Gasteiger partial charge in [0, 0.05) is 5.69 Å². The number of amides is 3. The highest BCUT2D eigenvalue weighted by molar-refractivity contribution is 6.10. The predicted octanol–water partition coefficient (Wildman–Crippen LogP) is 4.22. The van der Waals surface area contributed by atoms with Crippen LogP contribution in [0.15, 0.2) is 24.3 Å². The molecule has 0 heterocycles. The van der Waals surface area contributed by atoms with Crippen LogP contribution in [0.4, 0.5) is 21.0 Å². The molecule has 3 amide bonds. The van der Waals surface area contributed by atoms with E-state index in [-0.39, 0.29) is 12.1 Å². The molecule has 1 aromatic rings. The van der Waals surface area contributed by atoms with Crippen LogP contribution in [0.5, 0.6) is 0 Å². The second-order valence-electron chi connectivity index (χ2n) is 7.73. The summed E-state index contributed by atoms with van der Waals surface area (Å²) in [5, 5.41) is 11.1. The van der Waals surface area contributed by atoms with E-state index in [1.165, 1.54) is 12.1 Å². The van der Waals surface area contributed by atoms with Crippen molar-refractivity contribution in [2.75, 3.05) is 10.2 Å². The summed E-state index contributed by atoms with van der Waals surface area (Å²) in [6, 6.07) is 7.80. The summed E-state index contributed by atoms with van der Waals surface area (Å²) in [7, 11) is 0. The summed E-state index contributed by atoms with van der Waals surface area (Å²) in [6.07, 6.45) is -2.12. The molecule has 0 radical (unpaired) electrons. The average Bonchev–Trinajstić information content (AvgIpc) is 2.43. The summed E-state index contributed by atoms with van der Waals surface area (Å²) >= 11 is 0. The van der Waals surface area contributed by atoms with Crippen molar-refractivity contribution in [3.05, 3.63) is 24.3 Å². The van der Waals surface area contributed by atoms with Gasteiger partial charge in [-0.2, -0.15) is 10.2 Å². The van der Waals surface area contributed by atoms with Crippen LogP contribution < -0.4 is 10.2 Å². The molecular formula is C19H25N3O5. The van der Waals surface area contributed by atoms with E-state index in [0.717, 1.165) is 4.90 Å². The van der Waals surface area contributed by atoms with Crippen LogP contribution in [-0.2, 0) is 14.3 Å². The van der Waals surface area contributed by atoms with Gasteiger partial charge in [-0.3, -0.25) is 4.79 Å². The van der Waals surface area contributed by atoms with Crippen molar-refractivity contribution in [3.63, 3.8) is 0 Å². The maximum Gasteiger partial charge on any atom is 0.424 e. The van der Waals surface area contributed by atoms with Gasteiger partial charge in [0.25, 0.3) is 0 Å². The Kier molecular flexibility index (Phi) is 6.94. The molecular weight excluding hydrogens is 350 g/mol. The monoisotopic (exact) mass is 375 g/mol. The van der Waals surface area contributed by atoms with Crippen LogP contribution >= 0.6 is 0 Å². The Morgan fingerprint density at radius 2 is 1.56 bits per heavy atom. The van der Waals surface area contributed by atoms with Crippen LogP contribution in [0.2, 0.25) is 0 Å². The third-order valence-corrected chi connectivity index (χ3v) is 2.78. The fourth-order valence-electron chi connectivity index (χ4n) is 1.90. The Hall–Kier alpha value is -3.08. The Labute approximate surface area is 159 Å². The third-order valence-electron chi connectivity index (χ3n) is 2.78. The van der Waals surface area contributed by atoms with Crippen LogP contribution in [0.3, 0.4) is 0 Å². The molecule has 0 aliphatic heterocycles. The van der Waals surface area contributed by atoms with Gasteiger partial charge in [0.05, 0.1) is 11.8 Å². The van der Waals surface area contributed by atoms with E-state index < -0.39 is 29.3 Å². The zero-order valence-electron chi connectivity index (χ0n) is 16.5. The minimum atomic E-state index is -0.905. The number of anilines is 2. The van der Waals surface area contributed by atoms with Crippen molar-refractivity contribution in [1.29, 1.82) is 5.26 Å². The molecule has 8 nitrogen and oxygen atoms in total. The first-order valence-corrected chi connectivity index (χ1v) is 8.35. The molecule has 146 valence electrons. The summed E-state index contributed by atoms with van der Waals surface area (Å²) in [5.74, 6) is -0.504. The number of carbonyl (C=O) groups excluding carboxylic acids is 3. The second kappa shape index (κ2) is 8.54. The SMILES string of the molecule is CC(C)(C)OC(=O)N(C(=O)OC(C)(C)C)c1cccc(NC(=O)CC#N)c1. The molecule has 0 saturated heterocycles. The van der Waals surface area contributed by atoms with Crippen molar-refractivity contribution >= 4 is 29.5 Å². The van der Waals surface area contributed by atoms with Gasteiger partial charge < -0.3 is 14.8 Å². The predicted molar refractivity (Wildman–Crippen MR) is 100 cm³/mol. The standard InChI is InChI=1S/C19H25N3O5/c1-18(2,3)26-16(24)22(17(25)27-19(4,5)6)14-9-7-8-13(12-14)21-15(23)10-11-20/h7-9,12H,10H2,1-6H3,(H,21,23). The third kappa shape index (κ3) is 7.77. The number of nitrogens with zero attached hydrogens (tertiary/aromatic N) is 2. The molecule has 0 unspecified atom stereocenters. The maximum atomic E-state index is 12.6. The van der Waals surface area contributed by atoms with Gasteiger partial charge in [0.15, 0.2) is 0 Å². The van der Waals surface area contributed by atoms with E-state index in [1.807, 2.05) is 0 Å². The van der Waals surface area contributed by atoms with Crippen LogP contribution in [0.25, 0.3) is 0 Å². The minimum Gasteiger partial charge on any atom is -0.443 e. The van der Waals surface area contributed by atoms with Gasteiger partial charge in [-0.15, -0.1) is 0 Å². The lowest BCUT2D eigenvalue weighted by atomic mass is 10.2. The highest BCUT2D eigenvalue weighted by atomic mass is 16.6.